The highest BCUT2D eigenvalue weighted by molar-refractivity contribution is 5.90. The lowest BCUT2D eigenvalue weighted by Crippen LogP contribution is -2.66. The largest absolute Gasteiger partial charge is 0.453 e. The average Bonchev–Trinajstić information content (AvgIpc) is 2.85. The van der Waals surface area contributed by atoms with Crippen LogP contribution in [0.5, 0.6) is 0 Å². The van der Waals surface area contributed by atoms with E-state index in [1.54, 1.807) is 44.2 Å². The summed E-state index contributed by atoms with van der Waals surface area (Å²) in [6.07, 6.45) is -4.18. The van der Waals surface area contributed by atoms with Crippen molar-refractivity contribution >= 4 is 11.9 Å². The Morgan fingerprint density at radius 1 is 1.30 bits per heavy atom. The summed E-state index contributed by atoms with van der Waals surface area (Å²) in [5, 5.41) is 20.6. The molecule has 4 atom stereocenters. The van der Waals surface area contributed by atoms with E-state index in [0.29, 0.717) is 0 Å². The second kappa shape index (κ2) is 5.59. The zero-order chi connectivity index (χ0) is 16.8. The molecule has 1 aromatic rings. The van der Waals surface area contributed by atoms with Gasteiger partial charge in [-0.25, -0.2) is 4.79 Å². The molecule has 1 amide bonds. The molecule has 0 bridgehead atoms. The number of hydrogen-bond donors (Lipinski definition) is 2. The van der Waals surface area contributed by atoms with Gasteiger partial charge in [0.25, 0.3) is 5.91 Å². The number of hydrogen-bond acceptors (Lipinski definition) is 6. The van der Waals surface area contributed by atoms with Crippen LogP contribution in [0.1, 0.15) is 24.2 Å². The van der Waals surface area contributed by atoms with Gasteiger partial charge in [0, 0.05) is 0 Å². The van der Waals surface area contributed by atoms with Crippen LogP contribution in [0, 0.1) is 0 Å². The van der Waals surface area contributed by atoms with Crippen molar-refractivity contribution in [2.45, 2.75) is 43.9 Å². The van der Waals surface area contributed by atoms with E-state index in [0.717, 1.165) is 0 Å². The summed E-state index contributed by atoms with van der Waals surface area (Å²) in [4.78, 5) is 25.8. The van der Waals surface area contributed by atoms with E-state index >= 15 is 0 Å². The molecule has 1 aromatic carbocycles. The van der Waals surface area contributed by atoms with E-state index in [2.05, 4.69) is 0 Å². The van der Waals surface area contributed by atoms with Gasteiger partial charge in [-0.1, -0.05) is 18.2 Å². The summed E-state index contributed by atoms with van der Waals surface area (Å²) in [7, 11) is 0. The molecule has 2 heterocycles. The molecule has 3 rings (SSSR count). The van der Waals surface area contributed by atoms with E-state index in [9.17, 15) is 19.8 Å². The normalized spacial score (nSPS) is 32.5. The first-order valence-electron chi connectivity index (χ1n) is 7.42. The average molecular weight is 321 g/mol. The maximum atomic E-state index is 12.4. The number of carbonyl (C=O) groups is 2. The third kappa shape index (κ3) is 2.60. The van der Waals surface area contributed by atoms with Crippen LogP contribution in [-0.4, -0.2) is 63.7 Å². The van der Waals surface area contributed by atoms with Gasteiger partial charge in [0.2, 0.25) is 0 Å². The Hall–Kier alpha value is -1.96. The van der Waals surface area contributed by atoms with Crippen molar-refractivity contribution in [2.75, 3.05) is 6.61 Å². The molecule has 2 saturated heterocycles. The molecule has 7 nitrogen and oxygen atoms in total. The smallest absolute Gasteiger partial charge is 0.338 e. The van der Waals surface area contributed by atoms with Gasteiger partial charge in [-0.05, 0) is 26.0 Å². The van der Waals surface area contributed by atoms with Crippen LogP contribution in [0.2, 0.25) is 0 Å². The maximum Gasteiger partial charge on any atom is 0.338 e. The van der Waals surface area contributed by atoms with E-state index in [1.165, 1.54) is 4.90 Å². The molecule has 0 radical (unpaired) electrons. The zero-order valence-corrected chi connectivity index (χ0v) is 12.9. The number of ether oxygens (including phenoxy) is 2. The standard InChI is InChI=1S/C16H19NO6/c1-16(2)17-10(8-22-16)11(18)13(12(19)14(17)20)23-15(21)9-6-4-3-5-7-9/h3-7,10-13,18-19H,8H2,1-2H3/t10-,11-,12-,13-/m0/s1. The van der Waals surface area contributed by atoms with Crippen molar-refractivity contribution in [3.63, 3.8) is 0 Å². The second-order valence-electron chi connectivity index (χ2n) is 6.20. The van der Waals surface area contributed by atoms with Crippen LogP contribution in [0.25, 0.3) is 0 Å². The number of fused-ring (bicyclic) bond motifs is 1. The minimum Gasteiger partial charge on any atom is -0.453 e. The van der Waals surface area contributed by atoms with Crippen LogP contribution in [0.3, 0.4) is 0 Å². The molecule has 0 saturated carbocycles. The van der Waals surface area contributed by atoms with Crippen LogP contribution in [-0.2, 0) is 14.3 Å². The van der Waals surface area contributed by atoms with Crippen LogP contribution in [0.4, 0.5) is 0 Å². The Morgan fingerprint density at radius 3 is 2.61 bits per heavy atom. The van der Waals surface area contributed by atoms with Gasteiger partial charge in [0.1, 0.15) is 11.8 Å². The van der Waals surface area contributed by atoms with Gasteiger partial charge >= 0.3 is 5.97 Å². The van der Waals surface area contributed by atoms with Crippen molar-refractivity contribution in [1.29, 1.82) is 0 Å². The minimum absolute atomic E-state index is 0.117. The first-order chi connectivity index (χ1) is 10.8. The van der Waals surface area contributed by atoms with Crippen LogP contribution < -0.4 is 0 Å². The van der Waals surface area contributed by atoms with Gasteiger partial charge in [0.15, 0.2) is 12.2 Å². The third-order valence-corrected chi connectivity index (χ3v) is 4.30. The van der Waals surface area contributed by atoms with Gasteiger partial charge in [-0.2, -0.15) is 0 Å². The summed E-state index contributed by atoms with van der Waals surface area (Å²) in [5.41, 5.74) is -0.636. The number of amides is 1. The van der Waals surface area contributed by atoms with Gasteiger partial charge in [-0.3, -0.25) is 4.79 Å². The molecule has 0 aromatic heterocycles. The van der Waals surface area contributed by atoms with Crippen LogP contribution >= 0.6 is 0 Å². The minimum atomic E-state index is -1.63. The Kier molecular flexibility index (Phi) is 3.87. The predicted molar refractivity (Wildman–Crippen MR) is 78.3 cm³/mol. The molecule has 2 aliphatic heterocycles. The molecule has 2 aliphatic rings. The lowest BCUT2D eigenvalue weighted by atomic mass is 9.92. The number of carbonyl (C=O) groups excluding carboxylic acids is 2. The van der Waals surface area contributed by atoms with Crippen LogP contribution in [0.15, 0.2) is 30.3 Å². The Bertz CT molecular complexity index is 616. The molecule has 7 heteroatoms. The molecular formula is C16H19NO6. The van der Waals surface area contributed by atoms with E-state index in [-0.39, 0.29) is 12.2 Å². The number of nitrogens with zero attached hydrogens (tertiary/aromatic N) is 1. The topological polar surface area (TPSA) is 96.3 Å². The molecule has 0 unspecified atom stereocenters. The number of piperidine rings is 1. The quantitative estimate of drug-likeness (QED) is 0.739. The second-order valence-corrected chi connectivity index (χ2v) is 6.20. The molecule has 124 valence electrons. The highest BCUT2D eigenvalue weighted by Gasteiger charge is 2.57. The highest BCUT2D eigenvalue weighted by atomic mass is 16.6. The van der Waals surface area contributed by atoms with Crippen molar-refractivity contribution in [3.8, 4) is 0 Å². The highest BCUT2D eigenvalue weighted by Crippen LogP contribution is 2.35. The van der Waals surface area contributed by atoms with E-state index < -0.39 is 42.0 Å². The molecular weight excluding hydrogens is 302 g/mol. The van der Waals surface area contributed by atoms with Crippen molar-refractivity contribution in [3.05, 3.63) is 35.9 Å². The Balaban J connectivity index is 1.81. The van der Waals surface area contributed by atoms with E-state index in [1.807, 2.05) is 0 Å². The summed E-state index contributed by atoms with van der Waals surface area (Å²) in [6.45, 7) is 3.48. The third-order valence-electron chi connectivity index (χ3n) is 4.30. The van der Waals surface area contributed by atoms with Gasteiger partial charge in [0.05, 0.1) is 18.2 Å². The van der Waals surface area contributed by atoms with Gasteiger partial charge in [-0.15, -0.1) is 0 Å². The summed E-state index contributed by atoms with van der Waals surface area (Å²) >= 11 is 0. The number of aliphatic hydroxyl groups is 2. The molecule has 0 aliphatic carbocycles. The molecule has 23 heavy (non-hydrogen) atoms. The molecule has 2 N–H and O–H groups in total. The summed E-state index contributed by atoms with van der Waals surface area (Å²) in [6, 6.07) is 7.55. The van der Waals surface area contributed by atoms with Crippen molar-refractivity contribution in [2.24, 2.45) is 0 Å². The Morgan fingerprint density at radius 2 is 1.96 bits per heavy atom. The number of benzene rings is 1. The van der Waals surface area contributed by atoms with Crippen molar-refractivity contribution < 1.29 is 29.3 Å². The molecule has 0 spiro atoms. The molecule has 2 fully saturated rings. The zero-order valence-electron chi connectivity index (χ0n) is 12.9. The lowest BCUT2D eigenvalue weighted by molar-refractivity contribution is -0.184. The maximum absolute atomic E-state index is 12.4. The number of aliphatic hydroxyl groups excluding tert-OH is 2. The van der Waals surface area contributed by atoms with Gasteiger partial charge < -0.3 is 24.6 Å². The first-order valence-corrected chi connectivity index (χ1v) is 7.42. The monoisotopic (exact) mass is 321 g/mol. The van der Waals surface area contributed by atoms with Crippen molar-refractivity contribution in [1.82, 2.24) is 4.90 Å². The Labute approximate surface area is 133 Å². The number of esters is 1. The summed E-state index contributed by atoms with van der Waals surface area (Å²) < 4.78 is 10.7. The first kappa shape index (κ1) is 15.9. The SMILES string of the molecule is CC1(C)OC[C@H]2[C@H](O)[C@H](OC(=O)c3ccccc3)[C@H](O)C(=O)N21. The predicted octanol–water partition coefficient (Wildman–Crippen LogP) is -0.0891. The fourth-order valence-corrected chi connectivity index (χ4v) is 3.10. The number of rotatable bonds is 2. The summed E-state index contributed by atoms with van der Waals surface area (Å²) in [5.74, 6) is -1.32. The van der Waals surface area contributed by atoms with E-state index in [4.69, 9.17) is 9.47 Å². The lowest BCUT2D eigenvalue weighted by Gasteiger charge is -2.44. The fourth-order valence-electron chi connectivity index (χ4n) is 3.10. The fraction of sp³-hybridized carbons (Fsp3) is 0.500.